The van der Waals surface area contributed by atoms with Crippen molar-refractivity contribution in [3.05, 3.63) is 12.2 Å². The third-order valence-electron chi connectivity index (χ3n) is 14.5. The number of hydrogen-bond donors (Lipinski definition) is 9. The van der Waals surface area contributed by atoms with Gasteiger partial charge >= 0.3 is 0 Å². The van der Waals surface area contributed by atoms with E-state index in [1.807, 2.05) is 6.08 Å². The number of ether oxygens (including phenoxy) is 4. The number of rotatable bonds is 46. The van der Waals surface area contributed by atoms with Gasteiger partial charge in [-0.25, -0.2) is 0 Å². The van der Waals surface area contributed by atoms with E-state index in [0.717, 1.165) is 38.5 Å². The molecule has 2 fully saturated rings. The molecule has 1 amide bonds. The van der Waals surface area contributed by atoms with E-state index >= 15 is 0 Å². The fraction of sp³-hybridized carbons (Fsp3) is 0.946. The molecule has 0 bridgehead atoms. The van der Waals surface area contributed by atoms with E-state index in [1.165, 1.54) is 180 Å². The lowest BCUT2D eigenvalue weighted by molar-refractivity contribution is -0.359. The van der Waals surface area contributed by atoms with Crippen LogP contribution in [0.5, 0.6) is 0 Å². The van der Waals surface area contributed by atoms with Gasteiger partial charge in [-0.3, -0.25) is 4.79 Å². The van der Waals surface area contributed by atoms with E-state index in [0.29, 0.717) is 6.42 Å². The monoisotopic (exact) mass is 1000 g/mol. The Morgan fingerprint density at radius 3 is 1.31 bits per heavy atom. The lowest BCUT2D eigenvalue weighted by atomic mass is 9.97. The smallest absolute Gasteiger partial charge is 0.220 e. The second kappa shape index (κ2) is 43.0. The van der Waals surface area contributed by atoms with Gasteiger partial charge in [-0.15, -0.1) is 0 Å². The van der Waals surface area contributed by atoms with Gasteiger partial charge in [0.1, 0.15) is 48.8 Å². The quantitative estimate of drug-likeness (QED) is 0.0205. The van der Waals surface area contributed by atoms with Crippen LogP contribution in [-0.4, -0.2) is 140 Å². The fourth-order valence-electron chi connectivity index (χ4n) is 9.76. The lowest BCUT2D eigenvalue weighted by Crippen LogP contribution is -2.65. The van der Waals surface area contributed by atoms with Crippen molar-refractivity contribution in [1.29, 1.82) is 0 Å². The Hall–Kier alpha value is -1.27. The molecule has 0 spiro atoms. The highest BCUT2D eigenvalue weighted by Crippen LogP contribution is 2.30. The number of allylic oxidation sites excluding steroid dienone is 1. The normalized spacial score (nSPS) is 26.0. The molecule has 0 radical (unpaired) electrons. The van der Waals surface area contributed by atoms with Crippen LogP contribution in [-0.2, 0) is 23.7 Å². The van der Waals surface area contributed by atoms with Gasteiger partial charge in [-0.05, 0) is 19.3 Å². The topological polar surface area (TPSA) is 228 Å². The molecule has 2 aliphatic rings. The Balaban J connectivity index is 1.79. The number of hydrogen-bond acceptors (Lipinski definition) is 13. The molecule has 9 N–H and O–H groups in total. The van der Waals surface area contributed by atoms with Crippen molar-refractivity contribution < 1.29 is 64.6 Å². The van der Waals surface area contributed by atoms with E-state index in [-0.39, 0.29) is 18.9 Å². The number of carbonyl (C=O) groups excluding carboxylic acids is 1. The molecule has 2 rings (SSSR count). The average Bonchev–Trinajstić information content (AvgIpc) is 3.36. The van der Waals surface area contributed by atoms with Gasteiger partial charge in [-0.1, -0.05) is 231 Å². The van der Waals surface area contributed by atoms with E-state index in [1.54, 1.807) is 6.08 Å². The summed E-state index contributed by atoms with van der Waals surface area (Å²) in [6, 6.07) is -0.909. The zero-order chi connectivity index (χ0) is 51.0. The van der Waals surface area contributed by atoms with Crippen LogP contribution in [0.3, 0.4) is 0 Å². The number of carbonyl (C=O) groups is 1. The first-order valence-corrected chi connectivity index (χ1v) is 28.9. The number of unbranched alkanes of at least 4 members (excludes halogenated alkanes) is 33. The average molecular weight is 1000 g/mol. The first-order chi connectivity index (χ1) is 34.1. The van der Waals surface area contributed by atoms with Crippen molar-refractivity contribution in [1.82, 2.24) is 5.32 Å². The molecule has 2 saturated heterocycles. The lowest BCUT2D eigenvalue weighted by Gasteiger charge is -2.46. The minimum Gasteiger partial charge on any atom is -0.394 e. The van der Waals surface area contributed by atoms with Crippen molar-refractivity contribution in [2.75, 3.05) is 19.8 Å². The molecular weight excluding hydrogens is 895 g/mol. The van der Waals surface area contributed by atoms with Crippen LogP contribution in [0, 0.1) is 0 Å². The summed E-state index contributed by atoms with van der Waals surface area (Å²) in [5, 5.41) is 87.0. The molecule has 2 aliphatic heterocycles. The van der Waals surface area contributed by atoms with Crippen LogP contribution in [0.1, 0.15) is 245 Å². The molecule has 12 unspecified atom stereocenters. The Kier molecular flexibility index (Phi) is 39.9. The summed E-state index contributed by atoms with van der Waals surface area (Å²) >= 11 is 0. The van der Waals surface area contributed by atoms with Gasteiger partial charge in [0.15, 0.2) is 12.6 Å². The van der Waals surface area contributed by atoms with E-state index in [9.17, 15) is 45.6 Å². The summed E-state index contributed by atoms with van der Waals surface area (Å²) in [5.74, 6) is -0.235. The minimum absolute atomic E-state index is 0.235. The Bertz CT molecular complexity index is 1230. The summed E-state index contributed by atoms with van der Waals surface area (Å²) in [4.78, 5) is 13.2. The third kappa shape index (κ3) is 29.0. The van der Waals surface area contributed by atoms with Crippen LogP contribution in [0.25, 0.3) is 0 Å². The molecular formula is C56H107NO13. The molecule has 12 atom stereocenters. The fourth-order valence-corrected chi connectivity index (χ4v) is 9.76. The van der Waals surface area contributed by atoms with Crippen LogP contribution >= 0.6 is 0 Å². The van der Waals surface area contributed by atoms with Crippen LogP contribution in [0.2, 0.25) is 0 Å². The summed E-state index contributed by atoms with van der Waals surface area (Å²) in [5.41, 5.74) is 0. The van der Waals surface area contributed by atoms with Crippen LogP contribution in [0.4, 0.5) is 0 Å². The third-order valence-corrected chi connectivity index (χ3v) is 14.5. The van der Waals surface area contributed by atoms with Gasteiger partial charge in [-0.2, -0.15) is 0 Å². The summed E-state index contributed by atoms with van der Waals surface area (Å²) in [6.45, 7) is 2.82. The van der Waals surface area contributed by atoms with E-state index in [4.69, 9.17) is 18.9 Å². The van der Waals surface area contributed by atoms with Crippen molar-refractivity contribution >= 4 is 5.91 Å². The molecule has 414 valence electrons. The van der Waals surface area contributed by atoms with Gasteiger partial charge in [0.2, 0.25) is 5.91 Å². The van der Waals surface area contributed by atoms with Crippen LogP contribution in [0.15, 0.2) is 12.2 Å². The number of aliphatic hydroxyl groups is 8. The van der Waals surface area contributed by atoms with Gasteiger partial charge in [0.25, 0.3) is 0 Å². The molecule has 0 aromatic carbocycles. The molecule has 14 nitrogen and oxygen atoms in total. The maximum absolute atomic E-state index is 13.2. The first-order valence-electron chi connectivity index (χ1n) is 28.9. The highest BCUT2D eigenvalue weighted by Gasteiger charge is 2.51. The van der Waals surface area contributed by atoms with Crippen molar-refractivity contribution in [2.45, 2.75) is 319 Å². The van der Waals surface area contributed by atoms with E-state index < -0.39 is 86.8 Å². The SMILES string of the molecule is CCCCCCCCCCCCCCCCCC/C=C/C(O)C(COC1OC(CO)C(OC2OC(CO)C(O)C(O)C2O)C(O)C1O)NC(=O)CCCCCCCCCCCCCCCCCCCC. The summed E-state index contributed by atoms with van der Waals surface area (Å²) in [6.07, 6.45) is 31.0. The Labute approximate surface area is 425 Å². The predicted octanol–water partition coefficient (Wildman–Crippen LogP) is 9.11. The predicted molar refractivity (Wildman–Crippen MR) is 277 cm³/mol. The second-order valence-electron chi connectivity index (χ2n) is 20.8. The second-order valence-corrected chi connectivity index (χ2v) is 20.8. The molecule has 0 saturated carbocycles. The highest BCUT2D eigenvalue weighted by molar-refractivity contribution is 5.76. The summed E-state index contributed by atoms with van der Waals surface area (Å²) < 4.78 is 22.8. The molecule has 0 aliphatic carbocycles. The highest BCUT2D eigenvalue weighted by atomic mass is 16.7. The Morgan fingerprint density at radius 1 is 0.500 bits per heavy atom. The van der Waals surface area contributed by atoms with Crippen molar-refractivity contribution in [2.24, 2.45) is 0 Å². The zero-order valence-electron chi connectivity index (χ0n) is 44.3. The molecule has 70 heavy (non-hydrogen) atoms. The van der Waals surface area contributed by atoms with E-state index in [2.05, 4.69) is 19.2 Å². The first kappa shape index (κ1) is 64.8. The van der Waals surface area contributed by atoms with Crippen molar-refractivity contribution in [3.63, 3.8) is 0 Å². The van der Waals surface area contributed by atoms with Crippen LogP contribution < -0.4 is 5.32 Å². The maximum Gasteiger partial charge on any atom is 0.220 e. The maximum atomic E-state index is 13.2. The number of amides is 1. The number of nitrogens with one attached hydrogen (secondary N) is 1. The molecule has 2 heterocycles. The molecule has 0 aromatic heterocycles. The van der Waals surface area contributed by atoms with Gasteiger partial charge in [0, 0.05) is 6.42 Å². The zero-order valence-corrected chi connectivity index (χ0v) is 44.3. The minimum atomic E-state index is -1.78. The Morgan fingerprint density at radius 2 is 0.886 bits per heavy atom. The van der Waals surface area contributed by atoms with Gasteiger partial charge in [0.05, 0.1) is 32.0 Å². The largest absolute Gasteiger partial charge is 0.394 e. The van der Waals surface area contributed by atoms with Gasteiger partial charge < -0.3 is 65.1 Å². The standard InChI is InChI=1S/C56H107NO13/c1-3-5-7-9-11-13-15-17-19-21-23-25-27-29-31-33-35-37-39-45(60)44(57-48(61)40-38-36-34-32-30-28-26-24-22-20-18-16-14-12-10-8-6-4-2)43-67-55-53(66)51(64)54(47(42-59)69-55)70-56-52(65)50(63)49(62)46(41-58)68-56/h37,39,44-47,49-56,58-60,62-66H,3-36,38,40-43H2,1-2H3,(H,57,61)/b39-37+. The summed E-state index contributed by atoms with van der Waals surface area (Å²) in [7, 11) is 0. The molecule has 14 heteroatoms. The van der Waals surface area contributed by atoms with Crippen molar-refractivity contribution in [3.8, 4) is 0 Å². The number of aliphatic hydroxyl groups excluding tert-OH is 8. The molecule has 0 aromatic rings.